The number of aromatic hydroxyl groups is 2. The van der Waals surface area contributed by atoms with Gasteiger partial charge in [0.05, 0.1) is 18.9 Å². The first-order valence-corrected chi connectivity index (χ1v) is 8.15. The number of phenolic OH excluding ortho intramolecular Hbond substituents is 2. The maximum atomic E-state index is 10.3. The summed E-state index contributed by atoms with van der Waals surface area (Å²) in [5.41, 5.74) is 5.04. The van der Waals surface area contributed by atoms with E-state index in [0.717, 1.165) is 28.0 Å². The van der Waals surface area contributed by atoms with Crippen LogP contribution in [0.25, 0.3) is 33.7 Å². The molecule has 25 heavy (non-hydrogen) atoms. The lowest BCUT2D eigenvalue weighted by Crippen LogP contribution is -2.29. The van der Waals surface area contributed by atoms with E-state index in [4.69, 9.17) is 0 Å². The summed E-state index contributed by atoms with van der Waals surface area (Å²) in [4.78, 5) is 3.41. The molecule has 0 radical (unpaired) electrons. The third-order valence-electron chi connectivity index (χ3n) is 4.60. The second-order valence-electron chi connectivity index (χ2n) is 6.06. The molecule has 0 amide bonds. The zero-order chi connectivity index (χ0) is 17.6. The Labute approximate surface area is 144 Å². The molecule has 4 N–H and O–H groups in total. The maximum absolute atomic E-state index is 10.3. The SMILES string of the molecule is CCc1cc(-c2[nH]ncc2-c2[nH]c3ccccc3[n+]2C)c(O)cc1O. The molecule has 126 valence electrons. The molecule has 0 fully saturated rings. The Hall–Kier alpha value is -3.28. The second kappa shape index (κ2) is 5.66. The van der Waals surface area contributed by atoms with Crippen molar-refractivity contribution in [3.05, 3.63) is 48.2 Å². The van der Waals surface area contributed by atoms with Crippen LogP contribution in [-0.4, -0.2) is 25.4 Å². The van der Waals surface area contributed by atoms with Gasteiger partial charge in [-0.3, -0.25) is 5.10 Å². The topological polar surface area (TPSA) is 88.8 Å². The molecule has 4 rings (SSSR count). The van der Waals surface area contributed by atoms with Gasteiger partial charge >= 0.3 is 0 Å². The molecule has 2 heterocycles. The Morgan fingerprint density at radius 1 is 1.08 bits per heavy atom. The van der Waals surface area contributed by atoms with Crippen LogP contribution in [0.3, 0.4) is 0 Å². The molecule has 4 aromatic rings. The van der Waals surface area contributed by atoms with E-state index in [1.54, 1.807) is 12.3 Å². The number of fused-ring (bicyclic) bond motifs is 1. The molecule has 2 aromatic heterocycles. The van der Waals surface area contributed by atoms with Gasteiger partial charge in [0.2, 0.25) is 0 Å². The summed E-state index contributed by atoms with van der Waals surface area (Å²) in [6, 6.07) is 11.2. The average molecular weight is 335 g/mol. The lowest BCUT2D eigenvalue weighted by atomic mass is 10.0. The highest BCUT2D eigenvalue weighted by molar-refractivity contribution is 5.83. The molecule has 6 heteroatoms. The van der Waals surface area contributed by atoms with E-state index >= 15 is 0 Å². The number of H-pyrrole nitrogens is 2. The first-order chi connectivity index (χ1) is 12.1. The van der Waals surface area contributed by atoms with E-state index in [-0.39, 0.29) is 11.5 Å². The third-order valence-corrected chi connectivity index (χ3v) is 4.60. The van der Waals surface area contributed by atoms with Gasteiger partial charge in [-0.1, -0.05) is 19.1 Å². The first-order valence-electron chi connectivity index (χ1n) is 8.15. The van der Waals surface area contributed by atoms with Crippen LogP contribution in [0.4, 0.5) is 0 Å². The predicted molar refractivity (Wildman–Crippen MR) is 95.2 cm³/mol. The molecule has 0 atom stereocenters. The smallest absolute Gasteiger partial charge is 0.291 e. The predicted octanol–water partition coefficient (Wildman–Crippen LogP) is 3.02. The zero-order valence-corrected chi connectivity index (χ0v) is 14.0. The number of imidazole rings is 1. The highest BCUT2D eigenvalue weighted by Gasteiger charge is 2.24. The molecular weight excluding hydrogens is 316 g/mol. The van der Waals surface area contributed by atoms with Crippen LogP contribution < -0.4 is 4.57 Å². The number of para-hydroxylation sites is 2. The standard InChI is InChI=1S/C19H18N4O2/c1-3-11-8-12(17(25)9-16(11)24)18-13(10-20-22-18)19-21-14-6-4-5-7-15(14)23(19)2/h4-10H,3H2,1-2H3,(H3,20,21,22,24,25)/p+1. The molecule has 0 aliphatic heterocycles. The first kappa shape index (κ1) is 15.3. The number of benzene rings is 2. The Morgan fingerprint density at radius 2 is 1.88 bits per heavy atom. The molecular formula is C19H19N4O2+. The summed E-state index contributed by atoms with van der Waals surface area (Å²) in [7, 11) is 1.99. The monoisotopic (exact) mass is 335 g/mol. The lowest BCUT2D eigenvalue weighted by molar-refractivity contribution is -0.633. The minimum atomic E-state index is 0.0129. The van der Waals surface area contributed by atoms with Gasteiger partial charge in [0.25, 0.3) is 5.82 Å². The van der Waals surface area contributed by atoms with Crippen molar-refractivity contribution in [1.29, 1.82) is 0 Å². The van der Waals surface area contributed by atoms with Crippen LogP contribution in [0.5, 0.6) is 11.5 Å². The van der Waals surface area contributed by atoms with Gasteiger partial charge < -0.3 is 10.2 Å². The largest absolute Gasteiger partial charge is 0.508 e. The third kappa shape index (κ3) is 2.34. The van der Waals surface area contributed by atoms with Crippen LogP contribution in [0.2, 0.25) is 0 Å². The summed E-state index contributed by atoms with van der Waals surface area (Å²) in [6.07, 6.45) is 2.40. The lowest BCUT2D eigenvalue weighted by Gasteiger charge is -2.08. The summed E-state index contributed by atoms with van der Waals surface area (Å²) >= 11 is 0. The zero-order valence-electron chi connectivity index (χ0n) is 14.0. The molecule has 0 saturated carbocycles. The summed E-state index contributed by atoms with van der Waals surface area (Å²) in [5.74, 6) is 0.996. The van der Waals surface area contributed by atoms with Gasteiger partial charge in [0.15, 0.2) is 11.0 Å². The van der Waals surface area contributed by atoms with Crippen molar-refractivity contribution in [1.82, 2.24) is 15.2 Å². The van der Waals surface area contributed by atoms with E-state index in [9.17, 15) is 10.2 Å². The molecule has 0 unspecified atom stereocenters. The number of hydrogen-bond donors (Lipinski definition) is 4. The van der Waals surface area contributed by atoms with Crippen molar-refractivity contribution in [2.45, 2.75) is 13.3 Å². The molecule has 0 spiro atoms. The molecule has 0 aliphatic rings. The number of nitrogens with one attached hydrogen (secondary N) is 2. The number of hydrogen-bond acceptors (Lipinski definition) is 3. The highest BCUT2D eigenvalue weighted by atomic mass is 16.3. The van der Waals surface area contributed by atoms with E-state index in [0.29, 0.717) is 17.7 Å². The maximum Gasteiger partial charge on any atom is 0.291 e. The van der Waals surface area contributed by atoms with Crippen LogP contribution in [0.1, 0.15) is 12.5 Å². The Balaban J connectivity index is 1.93. The Kier molecular flexibility index (Phi) is 3.46. The van der Waals surface area contributed by atoms with Crippen molar-refractivity contribution in [3.63, 3.8) is 0 Å². The fourth-order valence-corrected chi connectivity index (χ4v) is 3.23. The number of phenols is 2. The average Bonchev–Trinajstić information content (AvgIpc) is 3.20. The van der Waals surface area contributed by atoms with E-state index in [1.807, 2.05) is 38.2 Å². The number of aromatic nitrogens is 4. The molecule has 2 aromatic carbocycles. The second-order valence-corrected chi connectivity index (χ2v) is 6.06. The fraction of sp³-hybridized carbons (Fsp3) is 0.158. The number of rotatable bonds is 3. The van der Waals surface area contributed by atoms with Gasteiger partial charge in [0.1, 0.15) is 17.1 Å². The van der Waals surface area contributed by atoms with Crippen LogP contribution >= 0.6 is 0 Å². The van der Waals surface area contributed by atoms with Crippen LogP contribution in [0, 0.1) is 0 Å². The minimum Gasteiger partial charge on any atom is -0.508 e. The molecule has 0 saturated heterocycles. The van der Waals surface area contributed by atoms with Gasteiger partial charge in [-0.05, 0) is 30.2 Å². The molecule has 6 nitrogen and oxygen atoms in total. The summed E-state index contributed by atoms with van der Waals surface area (Å²) in [6.45, 7) is 1.96. The highest BCUT2D eigenvalue weighted by Crippen LogP contribution is 2.38. The number of aromatic amines is 2. The fourth-order valence-electron chi connectivity index (χ4n) is 3.23. The minimum absolute atomic E-state index is 0.0129. The Bertz CT molecular complexity index is 1080. The van der Waals surface area contributed by atoms with Gasteiger partial charge in [-0.25, -0.2) is 9.55 Å². The number of nitrogens with zero attached hydrogens (tertiary/aromatic N) is 2. The van der Waals surface area contributed by atoms with Crippen molar-refractivity contribution in [2.24, 2.45) is 7.05 Å². The van der Waals surface area contributed by atoms with E-state index in [1.165, 1.54) is 6.07 Å². The van der Waals surface area contributed by atoms with E-state index < -0.39 is 0 Å². The summed E-state index contributed by atoms with van der Waals surface area (Å²) < 4.78 is 2.06. The van der Waals surface area contributed by atoms with Crippen molar-refractivity contribution < 1.29 is 14.8 Å². The van der Waals surface area contributed by atoms with Crippen molar-refractivity contribution in [2.75, 3.05) is 0 Å². The van der Waals surface area contributed by atoms with Crippen LogP contribution in [0.15, 0.2) is 42.6 Å². The molecule has 0 aliphatic carbocycles. The Morgan fingerprint density at radius 3 is 2.64 bits per heavy atom. The van der Waals surface area contributed by atoms with Crippen molar-refractivity contribution >= 4 is 11.0 Å². The summed E-state index contributed by atoms with van der Waals surface area (Å²) in [5, 5.41) is 27.4. The van der Waals surface area contributed by atoms with Gasteiger partial charge in [-0.2, -0.15) is 5.10 Å². The number of aryl methyl sites for hydroxylation is 2. The quantitative estimate of drug-likeness (QED) is 0.434. The van der Waals surface area contributed by atoms with Crippen molar-refractivity contribution in [3.8, 4) is 34.1 Å². The van der Waals surface area contributed by atoms with Gasteiger partial charge in [0, 0.05) is 11.6 Å². The molecule has 0 bridgehead atoms. The normalized spacial score (nSPS) is 11.3. The van der Waals surface area contributed by atoms with Gasteiger partial charge in [-0.15, -0.1) is 0 Å². The van der Waals surface area contributed by atoms with E-state index in [2.05, 4.69) is 19.7 Å². The van der Waals surface area contributed by atoms with Crippen LogP contribution in [-0.2, 0) is 13.5 Å².